The second-order valence-electron chi connectivity index (χ2n) is 4.63. The van der Waals surface area contributed by atoms with Crippen molar-refractivity contribution >= 4 is 16.8 Å². The summed E-state index contributed by atoms with van der Waals surface area (Å²) in [6.07, 6.45) is 3.85. The number of carbonyl (C=O) groups excluding carboxylic acids is 1. The summed E-state index contributed by atoms with van der Waals surface area (Å²) in [5.74, 6) is 0.105. The van der Waals surface area contributed by atoms with Crippen LogP contribution < -0.4 is 0 Å². The van der Waals surface area contributed by atoms with E-state index in [-0.39, 0.29) is 5.91 Å². The first-order valence-electron chi connectivity index (χ1n) is 6.52. The second-order valence-corrected chi connectivity index (χ2v) is 4.63. The Hall–Kier alpha value is -1.77. The van der Waals surface area contributed by atoms with Crippen molar-refractivity contribution in [3.8, 4) is 0 Å². The van der Waals surface area contributed by atoms with Crippen molar-refractivity contribution < 1.29 is 4.79 Å². The number of H-pyrrole nitrogens is 1. The maximum Gasteiger partial charge on any atom is 0.254 e. The smallest absolute Gasteiger partial charge is 0.254 e. The molecule has 1 aromatic heterocycles. The molecule has 0 aliphatic carbocycles. The van der Waals surface area contributed by atoms with E-state index in [4.69, 9.17) is 0 Å². The maximum atomic E-state index is 12.5. The van der Waals surface area contributed by atoms with E-state index in [9.17, 15) is 4.79 Å². The fourth-order valence-electron chi connectivity index (χ4n) is 2.46. The van der Waals surface area contributed by atoms with Gasteiger partial charge in [0.05, 0.1) is 0 Å². The number of fused-ring (bicyclic) bond motifs is 1. The van der Waals surface area contributed by atoms with Crippen LogP contribution in [0.5, 0.6) is 0 Å². The zero-order valence-corrected chi connectivity index (χ0v) is 11.2. The predicted molar refractivity (Wildman–Crippen MR) is 74.8 cm³/mol. The van der Waals surface area contributed by atoms with Gasteiger partial charge in [0, 0.05) is 35.8 Å². The molecule has 0 atom stereocenters. The summed E-state index contributed by atoms with van der Waals surface area (Å²) in [6, 6.07) is 8.09. The number of aromatic nitrogens is 1. The van der Waals surface area contributed by atoms with Crippen molar-refractivity contribution in [2.45, 2.75) is 32.7 Å². The fourth-order valence-corrected chi connectivity index (χ4v) is 2.46. The zero-order valence-electron chi connectivity index (χ0n) is 11.2. The number of hydrogen-bond donors (Lipinski definition) is 1. The molecule has 0 radical (unpaired) electrons. The van der Waals surface area contributed by atoms with Gasteiger partial charge in [0.15, 0.2) is 0 Å². The van der Waals surface area contributed by atoms with E-state index >= 15 is 0 Å². The summed E-state index contributed by atoms with van der Waals surface area (Å²) in [7, 11) is 1.89. The molecule has 0 bridgehead atoms. The lowest BCUT2D eigenvalue weighted by atomic mass is 10.1. The van der Waals surface area contributed by atoms with Crippen LogP contribution in [0, 0.1) is 0 Å². The fraction of sp³-hybridized carbons (Fsp3) is 0.400. The van der Waals surface area contributed by atoms with Crippen LogP contribution in [0.2, 0.25) is 0 Å². The molecule has 0 aliphatic heterocycles. The summed E-state index contributed by atoms with van der Waals surface area (Å²) in [4.78, 5) is 17.5. The lowest BCUT2D eigenvalue weighted by Crippen LogP contribution is -2.36. The molecule has 0 saturated carbocycles. The number of carbonyl (C=O) groups is 1. The summed E-state index contributed by atoms with van der Waals surface area (Å²) in [5.41, 5.74) is 1.79. The highest BCUT2D eigenvalue weighted by atomic mass is 16.2. The molecule has 18 heavy (non-hydrogen) atoms. The van der Waals surface area contributed by atoms with E-state index in [1.807, 2.05) is 42.4 Å². The lowest BCUT2D eigenvalue weighted by molar-refractivity contribution is 0.0725. The first-order valence-corrected chi connectivity index (χ1v) is 6.52. The van der Waals surface area contributed by atoms with Gasteiger partial charge in [-0.2, -0.15) is 0 Å². The number of hydrogen-bond acceptors (Lipinski definition) is 1. The standard InChI is InChI=1S/C15H20N2O/c1-4-11(5-2)17(3)15(18)13-7-6-8-14-12(13)9-10-16-14/h6-11,16H,4-5H2,1-3H3. The van der Waals surface area contributed by atoms with Gasteiger partial charge in [-0.1, -0.05) is 19.9 Å². The molecule has 0 unspecified atom stereocenters. The zero-order chi connectivity index (χ0) is 13.1. The maximum absolute atomic E-state index is 12.5. The number of nitrogens with zero attached hydrogens (tertiary/aromatic N) is 1. The Morgan fingerprint density at radius 3 is 2.67 bits per heavy atom. The predicted octanol–water partition coefficient (Wildman–Crippen LogP) is 3.43. The van der Waals surface area contributed by atoms with Gasteiger partial charge in [-0.05, 0) is 31.0 Å². The lowest BCUT2D eigenvalue weighted by Gasteiger charge is -2.26. The quantitative estimate of drug-likeness (QED) is 0.878. The van der Waals surface area contributed by atoms with Gasteiger partial charge in [0.2, 0.25) is 0 Å². The van der Waals surface area contributed by atoms with Crippen molar-refractivity contribution in [3.63, 3.8) is 0 Å². The third-order valence-electron chi connectivity index (χ3n) is 3.64. The van der Waals surface area contributed by atoms with Gasteiger partial charge < -0.3 is 9.88 Å². The molecule has 0 aliphatic rings. The molecule has 0 spiro atoms. The van der Waals surface area contributed by atoms with E-state index < -0.39 is 0 Å². The van der Waals surface area contributed by atoms with Crippen LogP contribution in [0.4, 0.5) is 0 Å². The van der Waals surface area contributed by atoms with E-state index in [1.165, 1.54) is 0 Å². The van der Waals surface area contributed by atoms with Gasteiger partial charge in [-0.3, -0.25) is 4.79 Å². The molecule has 1 heterocycles. The monoisotopic (exact) mass is 244 g/mol. The molecule has 0 fully saturated rings. The largest absolute Gasteiger partial charge is 0.361 e. The Balaban J connectivity index is 2.36. The number of aromatic amines is 1. The van der Waals surface area contributed by atoms with Gasteiger partial charge >= 0.3 is 0 Å². The Kier molecular flexibility index (Phi) is 3.70. The van der Waals surface area contributed by atoms with Crippen molar-refractivity contribution in [1.29, 1.82) is 0 Å². The Morgan fingerprint density at radius 1 is 1.28 bits per heavy atom. The van der Waals surface area contributed by atoms with Crippen molar-refractivity contribution in [2.24, 2.45) is 0 Å². The summed E-state index contributed by atoms with van der Waals surface area (Å²) in [5, 5.41) is 1.00. The highest BCUT2D eigenvalue weighted by molar-refractivity contribution is 6.06. The average molecular weight is 244 g/mol. The highest BCUT2D eigenvalue weighted by Crippen LogP contribution is 2.20. The van der Waals surface area contributed by atoms with E-state index in [2.05, 4.69) is 18.8 Å². The van der Waals surface area contributed by atoms with Crippen molar-refractivity contribution in [2.75, 3.05) is 7.05 Å². The van der Waals surface area contributed by atoms with E-state index in [1.54, 1.807) is 0 Å². The Labute approximate surface area is 108 Å². The number of nitrogens with one attached hydrogen (secondary N) is 1. The molecule has 3 nitrogen and oxygen atoms in total. The SMILES string of the molecule is CCC(CC)N(C)C(=O)c1cccc2[nH]ccc12. The summed E-state index contributed by atoms with van der Waals surface area (Å²) < 4.78 is 0. The van der Waals surface area contributed by atoms with E-state index in [0.29, 0.717) is 6.04 Å². The van der Waals surface area contributed by atoms with Gasteiger partial charge in [-0.15, -0.1) is 0 Å². The van der Waals surface area contributed by atoms with E-state index in [0.717, 1.165) is 29.3 Å². The molecule has 1 amide bonds. The number of amides is 1. The van der Waals surface area contributed by atoms with Gasteiger partial charge in [0.1, 0.15) is 0 Å². The second kappa shape index (κ2) is 5.25. The molecule has 1 aromatic carbocycles. The van der Waals surface area contributed by atoms with Crippen LogP contribution in [0.3, 0.4) is 0 Å². The van der Waals surface area contributed by atoms with Crippen molar-refractivity contribution in [1.82, 2.24) is 9.88 Å². The first-order chi connectivity index (χ1) is 8.69. The summed E-state index contributed by atoms with van der Waals surface area (Å²) in [6.45, 7) is 4.24. The molecule has 96 valence electrons. The minimum Gasteiger partial charge on any atom is -0.361 e. The van der Waals surface area contributed by atoms with Crippen LogP contribution in [0.25, 0.3) is 10.9 Å². The molecular formula is C15H20N2O. The first kappa shape index (κ1) is 12.7. The highest BCUT2D eigenvalue weighted by Gasteiger charge is 2.19. The minimum absolute atomic E-state index is 0.105. The molecule has 3 heteroatoms. The minimum atomic E-state index is 0.105. The van der Waals surface area contributed by atoms with Gasteiger partial charge in [-0.25, -0.2) is 0 Å². The number of rotatable bonds is 4. The molecule has 1 N–H and O–H groups in total. The molecule has 2 rings (SSSR count). The van der Waals surface area contributed by atoms with Crippen LogP contribution in [-0.2, 0) is 0 Å². The average Bonchev–Trinajstić information content (AvgIpc) is 2.87. The van der Waals surface area contributed by atoms with Crippen LogP contribution in [-0.4, -0.2) is 28.9 Å². The normalized spacial score (nSPS) is 11.1. The van der Waals surface area contributed by atoms with Crippen molar-refractivity contribution in [3.05, 3.63) is 36.0 Å². The molecule has 2 aromatic rings. The third-order valence-corrected chi connectivity index (χ3v) is 3.64. The van der Waals surface area contributed by atoms with Crippen LogP contribution in [0.1, 0.15) is 37.0 Å². The Morgan fingerprint density at radius 2 is 2.00 bits per heavy atom. The van der Waals surface area contributed by atoms with Crippen LogP contribution in [0.15, 0.2) is 30.5 Å². The Bertz CT molecular complexity index is 540. The third kappa shape index (κ3) is 2.13. The topological polar surface area (TPSA) is 36.1 Å². The number of benzene rings is 1. The van der Waals surface area contributed by atoms with Crippen LogP contribution >= 0.6 is 0 Å². The van der Waals surface area contributed by atoms with Gasteiger partial charge in [0.25, 0.3) is 5.91 Å². The molecule has 0 saturated heterocycles. The molecular weight excluding hydrogens is 224 g/mol. The summed E-state index contributed by atoms with van der Waals surface area (Å²) >= 11 is 0.